The number of amides is 1. The lowest BCUT2D eigenvalue weighted by Gasteiger charge is -2.33. The molecule has 1 aromatic carbocycles. The number of hydrogen-bond donors (Lipinski definition) is 2. The van der Waals surface area contributed by atoms with Gasteiger partial charge in [0, 0.05) is 50.6 Å². The van der Waals surface area contributed by atoms with Gasteiger partial charge in [0.15, 0.2) is 9.34 Å². The van der Waals surface area contributed by atoms with Crippen LogP contribution in [0.15, 0.2) is 40.7 Å². The summed E-state index contributed by atoms with van der Waals surface area (Å²) in [5.41, 5.74) is 1.66. The molecule has 1 amide bonds. The molecular formula is C21H25N7O4S2. The molecule has 180 valence electrons. The van der Waals surface area contributed by atoms with Crippen molar-refractivity contribution >= 4 is 49.9 Å². The predicted molar refractivity (Wildman–Crippen MR) is 130 cm³/mol. The van der Waals surface area contributed by atoms with E-state index >= 15 is 0 Å². The van der Waals surface area contributed by atoms with Crippen LogP contribution in [-0.4, -0.2) is 66.9 Å². The fourth-order valence-corrected chi connectivity index (χ4v) is 6.08. The van der Waals surface area contributed by atoms with Crippen molar-refractivity contribution in [2.45, 2.75) is 18.1 Å². The molecule has 13 heteroatoms. The highest BCUT2D eigenvalue weighted by atomic mass is 32.2. The van der Waals surface area contributed by atoms with E-state index in [0.717, 1.165) is 28.5 Å². The first-order chi connectivity index (χ1) is 16.2. The van der Waals surface area contributed by atoms with Gasteiger partial charge in [-0.25, -0.2) is 18.4 Å². The minimum absolute atomic E-state index is 0.0995. The van der Waals surface area contributed by atoms with E-state index in [1.165, 1.54) is 17.4 Å². The van der Waals surface area contributed by atoms with E-state index in [1.54, 1.807) is 7.11 Å². The second-order valence-corrected chi connectivity index (χ2v) is 10.8. The van der Waals surface area contributed by atoms with Crippen LogP contribution < -0.4 is 20.3 Å². The fourth-order valence-electron chi connectivity index (χ4n) is 3.42. The number of anilines is 4. The van der Waals surface area contributed by atoms with E-state index < -0.39 is 10.0 Å². The van der Waals surface area contributed by atoms with Crippen LogP contribution in [0.2, 0.25) is 0 Å². The molecule has 4 rings (SSSR count). The number of thiazole rings is 1. The number of nitrogens with zero attached hydrogens (tertiary/aromatic N) is 5. The number of piperazine rings is 1. The Bertz CT molecular complexity index is 1270. The van der Waals surface area contributed by atoms with Gasteiger partial charge in [0.2, 0.25) is 11.9 Å². The number of aromatic nitrogens is 3. The number of hydrogen-bond acceptors (Lipinski definition) is 10. The summed E-state index contributed by atoms with van der Waals surface area (Å²) in [6.07, 6.45) is 1.28. The van der Waals surface area contributed by atoms with E-state index in [4.69, 9.17) is 4.74 Å². The molecule has 1 saturated heterocycles. The van der Waals surface area contributed by atoms with E-state index in [9.17, 15) is 13.2 Å². The number of aryl methyl sites for hydroxylation is 1. The van der Waals surface area contributed by atoms with Gasteiger partial charge in [-0.15, -0.1) is 0 Å². The van der Waals surface area contributed by atoms with Crippen LogP contribution in [0.1, 0.15) is 12.6 Å². The maximum Gasteiger partial charge on any atom is 0.254 e. The van der Waals surface area contributed by atoms with E-state index in [1.807, 2.05) is 42.2 Å². The molecule has 3 heterocycles. The Hall–Kier alpha value is -3.29. The van der Waals surface area contributed by atoms with Crippen molar-refractivity contribution < 1.29 is 17.9 Å². The van der Waals surface area contributed by atoms with Gasteiger partial charge in [-0.1, -0.05) is 11.3 Å². The summed E-state index contributed by atoms with van der Waals surface area (Å²) in [6.45, 7) is 4.70. The number of rotatable bonds is 7. The van der Waals surface area contributed by atoms with Crippen LogP contribution in [0.25, 0.3) is 0 Å². The van der Waals surface area contributed by atoms with Crippen LogP contribution in [0, 0.1) is 6.92 Å². The van der Waals surface area contributed by atoms with Gasteiger partial charge in [0.05, 0.1) is 13.3 Å². The summed E-state index contributed by atoms with van der Waals surface area (Å²) >= 11 is 0.939. The third kappa shape index (κ3) is 5.43. The van der Waals surface area contributed by atoms with Crippen molar-refractivity contribution in [1.29, 1.82) is 0 Å². The first-order valence-electron chi connectivity index (χ1n) is 10.5. The number of nitrogens with one attached hydrogen (secondary N) is 2. The third-order valence-corrected chi connectivity index (χ3v) is 8.34. The lowest BCUT2D eigenvalue weighted by atomic mass is 10.3. The van der Waals surface area contributed by atoms with Crippen molar-refractivity contribution in [3.8, 4) is 5.75 Å². The number of benzene rings is 1. The molecule has 11 nitrogen and oxygen atoms in total. The van der Waals surface area contributed by atoms with E-state index in [-0.39, 0.29) is 28.3 Å². The SMILES string of the molecule is COc1ccc(Nc2cc(C)nc(N3CCN(S(=O)(=O)c4cnc(NC(C)=O)s4)CC3)n2)cc1. The molecule has 1 fully saturated rings. The summed E-state index contributed by atoms with van der Waals surface area (Å²) in [5, 5.41) is 6.04. The summed E-state index contributed by atoms with van der Waals surface area (Å²) in [7, 11) is -2.08. The average Bonchev–Trinajstić information content (AvgIpc) is 3.28. The van der Waals surface area contributed by atoms with Gasteiger partial charge in [0.1, 0.15) is 11.6 Å². The molecular weight excluding hydrogens is 478 g/mol. The number of ether oxygens (including phenoxy) is 1. The lowest BCUT2D eigenvalue weighted by molar-refractivity contribution is -0.114. The van der Waals surface area contributed by atoms with Gasteiger partial charge >= 0.3 is 0 Å². The van der Waals surface area contributed by atoms with Crippen LogP contribution in [0.4, 0.5) is 22.6 Å². The molecule has 2 N–H and O–H groups in total. The topological polar surface area (TPSA) is 130 Å². The molecule has 0 unspecified atom stereocenters. The molecule has 3 aromatic rings. The Morgan fingerprint density at radius 2 is 1.82 bits per heavy atom. The maximum absolute atomic E-state index is 13.0. The smallest absolute Gasteiger partial charge is 0.254 e. The molecule has 1 aliphatic heterocycles. The van der Waals surface area contributed by atoms with Crippen molar-refractivity contribution in [2.24, 2.45) is 0 Å². The van der Waals surface area contributed by atoms with Gasteiger partial charge in [0.25, 0.3) is 10.0 Å². The molecule has 0 saturated carbocycles. The Morgan fingerprint density at radius 1 is 1.12 bits per heavy atom. The Morgan fingerprint density at radius 3 is 2.47 bits per heavy atom. The first kappa shape index (κ1) is 23.9. The minimum atomic E-state index is -3.70. The zero-order valence-corrected chi connectivity index (χ0v) is 20.6. The van der Waals surface area contributed by atoms with Crippen LogP contribution >= 0.6 is 11.3 Å². The molecule has 34 heavy (non-hydrogen) atoms. The second kappa shape index (κ2) is 9.91. The first-order valence-corrected chi connectivity index (χ1v) is 12.8. The number of carbonyl (C=O) groups is 1. The van der Waals surface area contributed by atoms with Crippen molar-refractivity contribution in [3.63, 3.8) is 0 Å². The fraction of sp³-hybridized carbons (Fsp3) is 0.333. The standard InChI is InChI=1S/C21H25N7O4S2/c1-14-12-18(25-16-4-6-17(32-3)7-5-16)26-20(23-14)27-8-10-28(11-9-27)34(30,31)19-13-22-21(33-19)24-15(2)29/h4-7,12-13H,8-11H2,1-3H3,(H,22,24,29)(H,23,25,26). The Balaban J connectivity index is 1.43. The van der Waals surface area contributed by atoms with Gasteiger partial charge in [-0.05, 0) is 31.2 Å². The normalized spacial score (nSPS) is 14.6. The molecule has 0 aliphatic carbocycles. The highest BCUT2D eigenvalue weighted by Gasteiger charge is 2.31. The van der Waals surface area contributed by atoms with Gasteiger partial charge in [-0.2, -0.15) is 9.29 Å². The molecule has 2 aromatic heterocycles. The summed E-state index contributed by atoms with van der Waals surface area (Å²) < 4.78 is 32.7. The largest absolute Gasteiger partial charge is 0.497 e. The molecule has 0 atom stereocenters. The van der Waals surface area contributed by atoms with Crippen molar-refractivity contribution in [3.05, 3.63) is 42.2 Å². The molecule has 0 bridgehead atoms. The highest BCUT2D eigenvalue weighted by Crippen LogP contribution is 2.27. The second-order valence-electron chi connectivity index (χ2n) is 7.60. The van der Waals surface area contributed by atoms with Crippen LogP contribution in [0.3, 0.4) is 0 Å². The number of methoxy groups -OCH3 is 1. The summed E-state index contributed by atoms with van der Waals surface area (Å²) in [4.78, 5) is 26.3. The van der Waals surface area contributed by atoms with Gasteiger partial charge < -0.3 is 20.3 Å². The number of sulfonamides is 1. The van der Waals surface area contributed by atoms with Crippen molar-refractivity contribution in [2.75, 3.05) is 48.8 Å². The van der Waals surface area contributed by atoms with Crippen molar-refractivity contribution in [1.82, 2.24) is 19.3 Å². The predicted octanol–water partition coefficient (Wildman–Crippen LogP) is 2.46. The lowest BCUT2D eigenvalue weighted by Crippen LogP contribution is -2.49. The molecule has 1 aliphatic rings. The Labute approximate surface area is 201 Å². The minimum Gasteiger partial charge on any atom is -0.497 e. The highest BCUT2D eigenvalue weighted by molar-refractivity contribution is 7.91. The van der Waals surface area contributed by atoms with E-state index in [0.29, 0.717) is 24.9 Å². The molecule has 0 spiro atoms. The number of carbonyl (C=O) groups excluding carboxylic acids is 1. The quantitative estimate of drug-likeness (QED) is 0.499. The monoisotopic (exact) mass is 503 g/mol. The third-order valence-electron chi connectivity index (χ3n) is 5.09. The zero-order chi connectivity index (χ0) is 24.3. The van der Waals surface area contributed by atoms with Crippen LogP contribution in [-0.2, 0) is 14.8 Å². The molecule has 0 radical (unpaired) electrons. The summed E-state index contributed by atoms with van der Waals surface area (Å²) in [5.74, 6) is 1.66. The zero-order valence-electron chi connectivity index (χ0n) is 19.0. The van der Waals surface area contributed by atoms with Crippen LogP contribution in [0.5, 0.6) is 5.75 Å². The van der Waals surface area contributed by atoms with E-state index in [2.05, 4.69) is 25.6 Å². The average molecular weight is 504 g/mol. The van der Waals surface area contributed by atoms with Gasteiger partial charge in [-0.3, -0.25) is 4.79 Å². The maximum atomic E-state index is 13.0. The Kier molecular flexibility index (Phi) is 6.95. The summed E-state index contributed by atoms with van der Waals surface area (Å²) in [6, 6.07) is 9.37.